The molecule has 0 radical (unpaired) electrons. The molecule has 0 bridgehead atoms. The normalized spacial score (nSPS) is 12.9. The van der Waals surface area contributed by atoms with Gasteiger partial charge in [-0.15, -0.1) is 0 Å². The molecule has 0 saturated heterocycles. The van der Waals surface area contributed by atoms with Crippen LogP contribution in [0.3, 0.4) is 0 Å². The first kappa shape index (κ1) is 13.0. The molecule has 0 unspecified atom stereocenters. The summed E-state index contributed by atoms with van der Waals surface area (Å²) in [5.41, 5.74) is 1.51. The van der Waals surface area contributed by atoms with Gasteiger partial charge in [-0.1, -0.05) is 47.6 Å². The number of aromatic nitrogens is 1. The van der Waals surface area contributed by atoms with E-state index in [1.807, 2.05) is 16.8 Å². The van der Waals surface area contributed by atoms with Crippen LogP contribution >= 0.6 is 0 Å². The molecule has 1 heterocycles. The van der Waals surface area contributed by atoms with Gasteiger partial charge in [0.25, 0.3) is 5.56 Å². The molecule has 1 rings (SSSR count). The maximum absolute atomic E-state index is 11.7. The summed E-state index contributed by atoms with van der Waals surface area (Å²) in [5.74, 6) is 0. The van der Waals surface area contributed by atoms with Gasteiger partial charge in [-0.25, -0.2) is 0 Å². The van der Waals surface area contributed by atoms with Crippen molar-refractivity contribution >= 4 is 0 Å². The van der Waals surface area contributed by atoms with Crippen LogP contribution in [-0.2, 0) is 12.0 Å². The summed E-state index contributed by atoms with van der Waals surface area (Å²) in [6.45, 7) is 13.7. The van der Waals surface area contributed by atoms with Gasteiger partial charge in [-0.3, -0.25) is 4.79 Å². The van der Waals surface area contributed by atoms with E-state index in [1.165, 1.54) is 5.56 Å². The Bertz CT molecular complexity index is 416. The fourth-order valence-electron chi connectivity index (χ4n) is 1.61. The quantitative estimate of drug-likeness (QED) is 0.714. The van der Waals surface area contributed by atoms with E-state index in [1.54, 1.807) is 6.07 Å². The van der Waals surface area contributed by atoms with Crippen molar-refractivity contribution in [1.82, 2.24) is 4.57 Å². The minimum Gasteiger partial charge on any atom is -0.315 e. The average Bonchev–Trinajstić information content (AvgIpc) is 2.04. The topological polar surface area (TPSA) is 22.0 Å². The van der Waals surface area contributed by atoms with Crippen LogP contribution in [0.5, 0.6) is 0 Å². The summed E-state index contributed by atoms with van der Waals surface area (Å²) in [7, 11) is 0. The van der Waals surface area contributed by atoms with Gasteiger partial charge in [0.05, 0.1) is 0 Å². The first-order chi connectivity index (χ1) is 7.09. The van der Waals surface area contributed by atoms with Crippen LogP contribution in [0.4, 0.5) is 0 Å². The Hall–Kier alpha value is -1.05. The summed E-state index contributed by atoms with van der Waals surface area (Å²) in [6.07, 6.45) is 1.99. The third kappa shape index (κ3) is 3.51. The summed E-state index contributed by atoms with van der Waals surface area (Å²) >= 11 is 0. The first-order valence-electron chi connectivity index (χ1n) is 5.81. The molecule has 0 aromatic carbocycles. The van der Waals surface area contributed by atoms with E-state index in [0.29, 0.717) is 0 Å². The van der Waals surface area contributed by atoms with E-state index in [0.717, 1.165) is 6.54 Å². The molecule has 0 N–H and O–H groups in total. The van der Waals surface area contributed by atoms with Crippen LogP contribution in [0.1, 0.15) is 47.1 Å². The lowest BCUT2D eigenvalue weighted by molar-refractivity contribution is 0.336. The minimum absolute atomic E-state index is 0.0860. The number of pyridine rings is 1. The number of rotatable bonds is 1. The van der Waals surface area contributed by atoms with Crippen LogP contribution < -0.4 is 5.56 Å². The number of hydrogen-bond donors (Lipinski definition) is 0. The Morgan fingerprint density at radius 1 is 1.06 bits per heavy atom. The lowest BCUT2D eigenvalue weighted by Crippen LogP contribution is -2.27. The largest absolute Gasteiger partial charge is 0.315 e. The predicted molar refractivity (Wildman–Crippen MR) is 68.9 cm³/mol. The number of nitrogens with zero attached hydrogens (tertiary/aromatic N) is 1. The van der Waals surface area contributed by atoms with Crippen LogP contribution in [0, 0.1) is 5.41 Å². The monoisotopic (exact) mass is 221 g/mol. The Balaban J connectivity index is 3.15. The third-order valence-electron chi connectivity index (χ3n) is 2.49. The van der Waals surface area contributed by atoms with Gasteiger partial charge in [-0.2, -0.15) is 0 Å². The Morgan fingerprint density at radius 3 is 2.06 bits per heavy atom. The molecule has 0 spiro atoms. The lowest BCUT2D eigenvalue weighted by atomic mass is 9.88. The molecule has 16 heavy (non-hydrogen) atoms. The summed E-state index contributed by atoms with van der Waals surface area (Å²) in [6, 6.07) is 3.60. The highest BCUT2D eigenvalue weighted by molar-refractivity contribution is 5.19. The molecule has 0 amide bonds. The van der Waals surface area contributed by atoms with Crippen molar-refractivity contribution in [3.63, 3.8) is 0 Å². The molecule has 2 heteroatoms. The van der Waals surface area contributed by atoms with E-state index in [4.69, 9.17) is 0 Å². The van der Waals surface area contributed by atoms with Crippen molar-refractivity contribution < 1.29 is 0 Å². The fourth-order valence-corrected chi connectivity index (χ4v) is 1.61. The zero-order valence-corrected chi connectivity index (χ0v) is 11.3. The Labute approximate surface area is 98.3 Å². The van der Waals surface area contributed by atoms with E-state index < -0.39 is 0 Å². The highest BCUT2D eigenvalue weighted by atomic mass is 16.1. The van der Waals surface area contributed by atoms with Crippen LogP contribution in [0.2, 0.25) is 0 Å². The zero-order valence-electron chi connectivity index (χ0n) is 11.3. The van der Waals surface area contributed by atoms with E-state index in [2.05, 4.69) is 41.5 Å². The van der Waals surface area contributed by atoms with Crippen molar-refractivity contribution in [1.29, 1.82) is 0 Å². The van der Waals surface area contributed by atoms with Crippen LogP contribution in [0.15, 0.2) is 23.1 Å². The van der Waals surface area contributed by atoms with Gasteiger partial charge in [0, 0.05) is 18.8 Å². The predicted octanol–water partition coefficient (Wildman–Crippen LogP) is 3.19. The molecule has 2 nitrogen and oxygen atoms in total. The molecular weight excluding hydrogens is 198 g/mol. The molecule has 0 aliphatic rings. The highest BCUT2D eigenvalue weighted by Gasteiger charge is 2.17. The van der Waals surface area contributed by atoms with Crippen molar-refractivity contribution in [3.05, 3.63) is 34.2 Å². The lowest BCUT2D eigenvalue weighted by Gasteiger charge is -2.23. The third-order valence-corrected chi connectivity index (χ3v) is 2.49. The van der Waals surface area contributed by atoms with Gasteiger partial charge in [0.15, 0.2) is 0 Å². The smallest absolute Gasteiger partial charge is 0.250 e. The second-order valence-corrected chi connectivity index (χ2v) is 6.69. The van der Waals surface area contributed by atoms with E-state index >= 15 is 0 Å². The summed E-state index contributed by atoms with van der Waals surface area (Å²) < 4.78 is 1.82. The van der Waals surface area contributed by atoms with Gasteiger partial charge in [0.2, 0.25) is 0 Å². The Morgan fingerprint density at radius 2 is 1.62 bits per heavy atom. The first-order valence-corrected chi connectivity index (χ1v) is 5.81. The summed E-state index contributed by atoms with van der Waals surface area (Å²) in [4.78, 5) is 11.7. The Kier molecular flexibility index (Phi) is 3.32. The second kappa shape index (κ2) is 4.08. The fraction of sp³-hybridized carbons (Fsp3) is 0.643. The van der Waals surface area contributed by atoms with Crippen molar-refractivity contribution in [2.75, 3.05) is 0 Å². The number of hydrogen-bond acceptors (Lipinski definition) is 1. The molecule has 0 aliphatic carbocycles. The molecular formula is C14H23NO. The van der Waals surface area contributed by atoms with Crippen molar-refractivity contribution in [3.8, 4) is 0 Å². The molecule has 0 saturated carbocycles. The molecule has 0 fully saturated rings. The molecule has 90 valence electrons. The van der Waals surface area contributed by atoms with Crippen molar-refractivity contribution in [2.24, 2.45) is 5.41 Å². The molecule has 0 aliphatic heterocycles. The minimum atomic E-state index is 0.0860. The van der Waals surface area contributed by atoms with Gasteiger partial charge in [-0.05, 0) is 16.4 Å². The van der Waals surface area contributed by atoms with E-state index in [-0.39, 0.29) is 16.4 Å². The maximum Gasteiger partial charge on any atom is 0.250 e. The maximum atomic E-state index is 11.7. The van der Waals surface area contributed by atoms with Crippen LogP contribution in [0.25, 0.3) is 0 Å². The highest BCUT2D eigenvalue weighted by Crippen LogP contribution is 2.22. The van der Waals surface area contributed by atoms with Gasteiger partial charge in [0.1, 0.15) is 0 Å². The standard InChI is InChI=1S/C14H23NO/c1-13(2,3)10-15-9-11(14(4,5)6)7-8-12(15)16/h7-9H,10H2,1-6H3. The van der Waals surface area contributed by atoms with Gasteiger partial charge < -0.3 is 4.57 Å². The zero-order chi connectivity index (χ0) is 12.6. The van der Waals surface area contributed by atoms with E-state index in [9.17, 15) is 4.79 Å². The average molecular weight is 221 g/mol. The molecule has 0 atom stereocenters. The SMILES string of the molecule is CC(C)(C)Cn1cc(C(C)(C)C)ccc1=O. The molecule has 1 aromatic rings. The molecule has 1 aromatic heterocycles. The van der Waals surface area contributed by atoms with Gasteiger partial charge >= 0.3 is 0 Å². The summed E-state index contributed by atoms with van der Waals surface area (Å²) in [5, 5.41) is 0. The van der Waals surface area contributed by atoms with Crippen LogP contribution in [-0.4, -0.2) is 4.57 Å². The van der Waals surface area contributed by atoms with Crippen molar-refractivity contribution in [2.45, 2.75) is 53.5 Å². The second-order valence-electron chi connectivity index (χ2n) is 6.69.